The van der Waals surface area contributed by atoms with Crippen LogP contribution in [0.1, 0.15) is 18.4 Å². The molecule has 1 saturated carbocycles. The van der Waals surface area contributed by atoms with Gasteiger partial charge >= 0.3 is 0 Å². The van der Waals surface area contributed by atoms with E-state index in [4.69, 9.17) is 0 Å². The van der Waals surface area contributed by atoms with Crippen molar-refractivity contribution in [1.82, 2.24) is 9.80 Å². The molecule has 0 N–H and O–H groups in total. The largest absolute Gasteiger partial charge is 0.369 e. The van der Waals surface area contributed by atoms with Crippen LogP contribution in [-0.4, -0.2) is 56.1 Å². The van der Waals surface area contributed by atoms with E-state index >= 15 is 0 Å². The number of nitrogens with zero attached hydrogens (tertiary/aromatic N) is 3. The lowest BCUT2D eigenvalue weighted by atomic mass is 10.1. The summed E-state index contributed by atoms with van der Waals surface area (Å²) in [6.45, 7) is 5.78. The summed E-state index contributed by atoms with van der Waals surface area (Å²) >= 11 is 3.60. The monoisotopic (exact) mass is 337 g/mol. The van der Waals surface area contributed by atoms with E-state index in [1.54, 1.807) is 0 Å². The number of halogens is 1. The maximum atomic E-state index is 3.60. The molecule has 0 amide bonds. The van der Waals surface area contributed by atoms with Gasteiger partial charge in [0, 0.05) is 48.9 Å². The molecular weight excluding hydrogens is 314 g/mol. The smallest absolute Gasteiger partial charge is 0.0413 e. The lowest BCUT2D eigenvalue weighted by Gasteiger charge is -2.37. The van der Waals surface area contributed by atoms with Crippen LogP contribution < -0.4 is 4.90 Å². The number of benzene rings is 1. The Morgan fingerprint density at radius 2 is 1.85 bits per heavy atom. The number of hydrogen-bond donors (Lipinski definition) is 0. The molecule has 3 rings (SSSR count). The van der Waals surface area contributed by atoms with Crippen LogP contribution in [0.15, 0.2) is 22.7 Å². The van der Waals surface area contributed by atoms with E-state index in [2.05, 4.69) is 62.9 Å². The van der Waals surface area contributed by atoms with Crippen LogP contribution in [0.3, 0.4) is 0 Å². The van der Waals surface area contributed by atoms with Gasteiger partial charge in [0.05, 0.1) is 0 Å². The maximum absolute atomic E-state index is 3.60. The SMILES string of the molecule is CN(C)Cc1cc(Br)ccc1N1CCN(C2CC2)CC1. The van der Waals surface area contributed by atoms with E-state index in [1.807, 2.05) is 0 Å². The molecule has 1 aliphatic carbocycles. The molecule has 110 valence electrons. The van der Waals surface area contributed by atoms with Crippen LogP contribution in [0.2, 0.25) is 0 Å². The van der Waals surface area contributed by atoms with Gasteiger partial charge < -0.3 is 9.80 Å². The molecule has 1 aromatic rings. The zero-order chi connectivity index (χ0) is 14.1. The molecule has 0 spiro atoms. The molecule has 0 atom stereocenters. The lowest BCUT2D eigenvalue weighted by molar-refractivity contribution is 0.248. The summed E-state index contributed by atoms with van der Waals surface area (Å²) in [4.78, 5) is 7.47. The van der Waals surface area contributed by atoms with Crippen LogP contribution in [0, 0.1) is 0 Å². The molecule has 2 aliphatic rings. The first-order chi connectivity index (χ1) is 9.63. The molecule has 0 radical (unpaired) electrons. The summed E-state index contributed by atoms with van der Waals surface area (Å²) in [5.41, 5.74) is 2.83. The Morgan fingerprint density at radius 3 is 2.45 bits per heavy atom. The fourth-order valence-electron chi connectivity index (χ4n) is 3.10. The summed E-state index contributed by atoms with van der Waals surface area (Å²) in [5.74, 6) is 0. The summed E-state index contributed by atoms with van der Waals surface area (Å²) in [6, 6.07) is 7.61. The van der Waals surface area contributed by atoms with Crippen molar-refractivity contribution in [3.05, 3.63) is 28.2 Å². The lowest BCUT2D eigenvalue weighted by Crippen LogP contribution is -2.47. The second-order valence-corrected chi connectivity index (χ2v) is 7.18. The number of hydrogen-bond acceptors (Lipinski definition) is 3. The van der Waals surface area contributed by atoms with E-state index in [-0.39, 0.29) is 0 Å². The zero-order valence-corrected chi connectivity index (χ0v) is 14.1. The van der Waals surface area contributed by atoms with Gasteiger partial charge in [-0.1, -0.05) is 15.9 Å². The van der Waals surface area contributed by atoms with Gasteiger partial charge in [-0.25, -0.2) is 0 Å². The highest BCUT2D eigenvalue weighted by Gasteiger charge is 2.31. The van der Waals surface area contributed by atoms with Crippen LogP contribution >= 0.6 is 15.9 Å². The molecule has 1 saturated heterocycles. The first kappa shape index (κ1) is 14.4. The first-order valence-electron chi connectivity index (χ1n) is 7.55. The van der Waals surface area contributed by atoms with E-state index in [0.29, 0.717) is 0 Å². The van der Waals surface area contributed by atoms with Crippen molar-refractivity contribution >= 4 is 21.6 Å². The quantitative estimate of drug-likeness (QED) is 0.836. The van der Waals surface area contributed by atoms with Gasteiger partial charge in [0.1, 0.15) is 0 Å². The Bertz CT molecular complexity index is 463. The molecule has 1 aromatic carbocycles. The topological polar surface area (TPSA) is 9.72 Å². The molecular formula is C16H24BrN3. The number of anilines is 1. The summed E-state index contributed by atoms with van der Waals surface area (Å²) in [6.07, 6.45) is 2.84. The van der Waals surface area contributed by atoms with Crippen LogP contribution in [0.25, 0.3) is 0 Å². The Hall–Kier alpha value is -0.580. The fourth-order valence-corrected chi connectivity index (χ4v) is 3.51. The van der Waals surface area contributed by atoms with Crippen LogP contribution in [0.5, 0.6) is 0 Å². The molecule has 3 nitrogen and oxygen atoms in total. The van der Waals surface area contributed by atoms with Crippen molar-refractivity contribution in [2.24, 2.45) is 0 Å². The minimum absolute atomic E-state index is 0.906. The summed E-state index contributed by atoms with van der Waals surface area (Å²) in [5, 5.41) is 0. The predicted molar refractivity (Wildman–Crippen MR) is 88.3 cm³/mol. The molecule has 1 aliphatic heterocycles. The Labute approximate surface area is 130 Å². The van der Waals surface area contributed by atoms with Gasteiger partial charge in [-0.05, 0) is 50.7 Å². The zero-order valence-electron chi connectivity index (χ0n) is 12.5. The molecule has 4 heteroatoms. The Balaban J connectivity index is 1.72. The van der Waals surface area contributed by atoms with E-state index < -0.39 is 0 Å². The van der Waals surface area contributed by atoms with Gasteiger partial charge in [0.15, 0.2) is 0 Å². The normalized spacial score (nSPS) is 20.7. The number of piperazine rings is 1. The number of rotatable bonds is 4. The fraction of sp³-hybridized carbons (Fsp3) is 0.625. The average molecular weight is 338 g/mol. The standard InChI is InChI=1S/C16H24BrN3/c1-18(2)12-13-11-14(17)3-6-16(13)20-9-7-19(8-10-20)15-4-5-15/h3,6,11,15H,4-5,7-10,12H2,1-2H3. The first-order valence-corrected chi connectivity index (χ1v) is 8.35. The van der Waals surface area contributed by atoms with Crippen molar-refractivity contribution in [2.75, 3.05) is 45.2 Å². The van der Waals surface area contributed by atoms with Crippen molar-refractivity contribution in [1.29, 1.82) is 0 Å². The highest BCUT2D eigenvalue weighted by atomic mass is 79.9. The van der Waals surface area contributed by atoms with E-state index in [0.717, 1.165) is 12.6 Å². The third-order valence-electron chi connectivity index (χ3n) is 4.25. The summed E-state index contributed by atoms with van der Waals surface area (Å²) in [7, 11) is 4.27. The molecule has 20 heavy (non-hydrogen) atoms. The Morgan fingerprint density at radius 1 is 1.15 bits per heavy atom. The minimum Gasteiger partial charge on any atom is -0.369 e. The van der Waals surface area contributed by atoms with Gasteiger partial charge in [-0.2, -0.15) is 0 Å². The molecule has 0 aromatic heterocycles. The predicted octanol–water partition coefficient (Wildman–Crippen LogP) is 2.80. The van der Waals surface area contributed by atoms with Crippen molar-refractivity contribution < 1.29 is 0 Å². The average Bonchev–Trinajstić information content (AvgIpc) is 3.23. The van der Waals surface area contributed by atoms with Gasteiger partial charge in [0.2, 0.25) is 0 Å². The second-order valence-electron chi connectivity index (χ2n) is 6.27. The maximum Gasteiger partial charge on any atom is 0.0413 e. The van der Waals surface area contributed by atoms with Crippen LogP contribution in [-0.2, 0) is 6.54 Å². The molecule has 1 heterocycles. The van der Waals surface area contributed by atoms with Gasteiger partial charge in [0.25, 0.3) is 0 Å². The van der Waals surface area contributed by atoms with Crippen molar-refractivity contribution in [3.8, 4) is 0 Å². The van der Waals surface area contributed by atoms with Crippen LogP contribution in [0.4, 0.5) is 5.69 Å². The molecule has 0 unspecified atom stereocenters. The third kappa shape index (κ3) is 3.35. The molecule has 2 fully saturated rings. The van der Waals surface area contributed by atoms with E-state index in [9.17, 15) is 0 Å². The highest BCUT2D eigenvalue weighted by Crippen LogP contribution is 2.30. The van der Waals surface area contributed by atoms with Crippen molar-refractivity contribution in [3.63, 3.8) is 0 Å². The van der Waals surface area contributed by atoms with E-state index in [1.165, 1.54) is 54.7 Å². The molecule has 0 bridgehead atoms. The van der Waals surface area contributed by atoms with Gasteiger partial charge in [-0.3, -0.25) is 4.90 Å². The highest BCUT2D eigenvalue weighted by molar-refractivity contribution is 9.10. The third-order valence-corrected chi connectivity index (χ3v) is 4.74. The second kappa shape index (κ2) is 6.04. The summed E-state index contributed by atoms with van der Waals surface area (Å²) < 4.78 is 1.18. The van der Waals surface area contributed by atoms with Crippen molar-refractivity contribution in [2.45, 2.75) is 25.4 Å². The van der Waals surface area contributed by atoms with Gasteiger partial charge in [-0.15, -0.1) is 0 Å². The Kier molecular flexibility index (Phi) is 4.34. The minimum atomic E-state index is 0.906.